The second kappa shape index (κ2) is 5.24. The van der Waals surface area contributed by atoms with Crippen LogP contribution in [0.15, 0.2) is 59.1 Å². The van der Waals surface area contributed by atoms with Gasteiger partial charge in [0.05, 0.1) is 5.69 Å². The number of aryl methyl sites for hydroxylation is 1. The molecule has 0 N–H and O–H groups in total. The lowest BCUT2D eigenvalue weighted by Crippen LogP contribution is -1.85. The first-order valence-corrected chi connectivity index (χ1v) is 8.01. The molecule has 23 heavy (non-hydrogen) atoms. The summed E-state index contributed by atoms with van der Waals surface area (Å²) >= 11 is 0. The Bertz CT molecular complexity index is 1010. The van der Waals surface area contributed by atoms with E-state index in [4.69, 9.17) is 4.42 Å². The highest BCUT2D eigenvalue weighted by Crippen LogP contribution is 2.36. The van der Waals surface area contributed by atoms with Crippen molar-refractivity contribution in [1.29, 1.82) is 0 Å². The van der Waals surface area contributed by atoms with E-state index in [1.54, 1.807) is 0 Å². The van der Waals surface area contributed by atoms with Gasteiger partial charge in [-0.1, -0.05) is 32.0 Å². The van der Waals surface area contributed by atoms with Crippen molar-refractivity contribution in [1.82, 2.24) is 4.98 Å². The van der Waals surface area contributed by atoms with Gasteiger partial charge in [0.1, 0.15) is 11.2 Å². The molecule has 0 aliphatic carbocycles. The molecule has 0 spiro atoms. The average molecular weight is 301 g/mol. The number of nitrogens with zero attached hydrogens (tertiary/aromatic N) is 1. The average Bonchev–Trinajstić information content (AvgIpc) is 2.92. The Morgan fingerprint density at radius 1 is 0.957 bits per heavy atom. The van der Waals surface area contributed by atoms with E-state index in [0.717, 1.165) is 27.8 Å². The van der Waals surface area contributed by atoms with E-state index in [9.17, 15) is 0 Å². The van der Waals surface area contributed by atoms with Crippen LogP contribution >= 0.6 is 0 Å². The third kappa shape index (κ3) is 2.31. The molecule has 0 atom stereocenters. The monoisotopic (exact) mass is 301 g/mol. The van der Waals surface area contributed by atoms with Crippen molar-refractivity contribution in [3.63, 3.8) is 0 Å². The van der Waals surface area contributed by atoms with Crippen LogP contribution in [0.5, 0.6) is 0 Å². The standard InChI is InChI=1S/C21H19NO/c1-13(2)15-7-8-20-18(12-15)16-5-4-6-17(21(16)23-20)19-11-14(3)9-10-22-19/h4-13H,1-3H3. The van der Waals surface area contributed by atoms with Crippen LogP contribution in [0.1, 0.15) is 30.9 Å². The van der Waals surface area contributed by atoms with Crippen molar-refractivity contribution >= 4 is 21.9 Å². The highest BCUT2D eigenvalue weighted by molar-refractivity contribution is 6.09. The predicted octanol–water partition coefficient (Wildman–Crippen LogP) is 6.08. The first-order valence-electron chi connectivity index (χ1n) is 8.01. The van der Waals surface area contributed by atoms with Gasteiger partial charge in [-0.05, 0) is 54.3 Å². The maximum absolute atomic E-state index is 6.17. The Morgan fingerprint density at radius 3 is 2.61 bits per heavy atom. The third-order valence-electron chi connectivity index (χ3n) is 4.38. The zero-order valence-corrected chi connectivity index (χ0v) is 13.6. The van der Waals surface area contributed by atoms with Gasteiger partial charge in [-0.15, -0.1) is 0 Å². The second-order valence-corrected chi connectivity index (χ2v) is 6.41. The molecule has 0 fully saturated rings. The summed E-state index contributed by atoms with van der Waals surface area (Å²) in [6, 6.07) is 16.9. The summed E-state index contributed by atoms with van der Waals surface area (Å²) in [5.41, 5.74) is 6.39. The molecule has 0 bridgehead atoms. The van der Waals surface area contributed by atoms with Crippen LogP contribution in [0.25, 0.3) is 33.2 Å². The van der Waals surface area contributed by atoms with Crippen molar-refractivity contribution in [3.05, 3.63) is 65.9 Å². The van der Waals surface area contributed by atoms with Gasteiger partial charge in [-0.2, -0.15) is 0 Å². The summed E-state index contributed by atoms with van der Waals surface area (Å²) in [7, 11) is 0. The molecule has 0 radical (unpaired) electrons. The zero-order valence-electron chi connectivity index (χ0n) is 13.6. The van der Waals surface area contributed by atoms with Crippen LogP contribution in [0.4, 0.5) is 0 Å². The van der Waals surface area contributed by atoms with Crippen molar-refractivity contribution < 1.29 is 4.42 Å². The van der Waals surface area contributed by atoms with Gasteiger partial charge < -0.3 is 4.42 Å². The van der Waals surface area contributed by atoms with E-state index >= 15 is 0 Å². The van der Waals surface area contributed by atoms with Gasteiger partial charge in [0.25, 0.3) is 0 Å². The number of hydrogen-bond acceptors (Lipinski definition) is 2. The van der Waals surface area contributed by atoms with Gasteiger partial charge in [0, 0.05) is 22.5 Å². The summed E-state index contributed by atoms with van der Waals surface area (Å²) in [6.07, 6.45) is 1.85. The molecule has 2 aromatic carbocycles. The number of fused-ring (bicyclic) bond motifs is 3. The number of benzene rings is 2. The quantitative estimate of drug-likeness (QED) is 0.448. The molecular formula is C21H19NO. The number of rotatable bonds is 2. The fraction of sp³-hybridized carbons (Fsp3) is 0.190. The lowest BCUT2D eigenvalue weighted by Gasteiger charge is -2.04. The minimum Gasteiger partial charge on any atom is -0.455 e. The third-order valence-corrected chi connectivity index (χ3v) is 4.38. The minimum absolute atomic E-state index is 0.506. The molecule has 2 nitrogen and oxygen atoms in total. The number of para-hydroxylation sites is 1. The second-order valence-electron chi connectivity index (χ2n) is 6.41. The maximum Gasteiger partial charge on any atom is 0.144 e. The Morgan fingerprint density at radius 2 is 1.83 bits per heavy atom. The van der Waals surface area contributed by atoms with Gasteiger partial charge in [0.15, 0.2) is 0 Å². The fourth-order valence-electron chi connectivity index (χ4n) is 3.06. The van der Waals surface area contributed by atoms with Crippen molar-refractivity contribution in [2.45, 2.75) is 26.7 Å². The van der Waals surface area contributed by atoms with Gasteiger partial charge in [-0.25, -0.2) is 0 Å². The molecule has 2 heteroatoms. The summed E-state index contributed by atoms with van der Waals surface area (Å²) in [5, 5.41) is 2.34. The van der Waals surface area contributed by atoms with Gasteiger partial charge in [-0.3, -0.25) is 4.98 Å². The van der Waals surface area contributed by atoms with E-state index < -0.39 is 0 Å². The smallest absolute Gasteiger partial charge is 0.144 e. The van der Waals surface area contributed by atoms with Crippen LogP contribution in [0, 0.1) is 6.92 Å². The topological polar surface area (TPSA) is 26.0 Å². The Balaban J connectivity index is 2.02. The Hall–Kier alpha value is -2.61. The molecule has 0 unspecified atom stereocenters. The van der Waals surface area contributed by atoms with Crippen molar-refractivity contribution in [2.75, 3.05) is 0 Å². The number of furan rings is 1. The number of pyridine rings is 1. The molecule has 0 aliphatic rings. The summed E-state index contributed by atoms with van der Waals surface area (Å²) in [5.74, 6) is 0.506. The van der Waals surface area contributed by atoms with Gasteiger partial charge >= 0.3 is 0 Å². The number of hydrogen-bond donors (Lipinski definition) is 0. The predicted molar refractivity (Wildman–Crippen MR) is 95.8 cm³/mol. The van der Waals surface area contributed by atoms with E-state index in [0.29, 0.717) is 5.92 Å². The van der Waals surface area contributed by atoms with E-state index in [1.807, 2.05) is 12.3 Å². The highest BCUT2D eigenvalue weighted by Gasteiger charge is 2.13. The van der Waals surface area contributed by atoms with Crippen LogP contribution in [-0.2, 0) is 0 Å². The minimum atomic E-state index is 0.506. The molecule has 0 saturated heterocycles. The molecule has 4 rings (SSSR count). The Kier molecular flexibility index (Phi) is 3.19. The summed E-state index contributed by atoms with van der Waals surface area (Å²) in [4.78, 5) is 4.52. The molecule has 0 amide bonds. The molecule has 0 saturated carbocycles. The number of aromatic nitrogens is 1. The van der Waals surface area contributed by atoms with Crippen LogP contribution < -0.4 is 0 Å². The van der Waals surface area contributed by atoms with E-state index in [1.165, 1.54) is 16.5 Å². The summed E-state index contributed by atoms with van der Waals surface area (Å²) < 4.78 is 6.17. The lowest BCUT2D eigenvalue weighted by atomic mass is 10.00. The molecule has 0 aliphatic heterocycles. The molecule has 2 heterocycles. The maximum atomic E-state index is 6.17. The Labute approximate surface area is 135 Å². The summed E-state index contributed by atoms with van der Waals surface area (Å²) in [6.45, 7) is 6.51. The van der Waals surface area contributed by atoms with Crippen LogP contribution in [-0.4, -0.2) is 4.98 Å². The first-order chi connectivity index (χ1) is 11.1. The normalized spacial score (nSPS) is 11.7. The molecule has 114 valence electrons. The SMILES string of the molecule is Cc1ccnc(-c2cccc3c2oc2ccc(C(C)C)cc23)c1. The van der Waals surface area contributed by atoms with E-state index in [2.05, 4.69) is 68.2 Å². The van der Waals surface area contributed by atoms with Gasteiger partial charge in [0.2, 0.25) is 0 Å². The van der Waals surface area contributed by atoms with Crippen LogP contribution in [0.3, 0.4) is 0 Å². The van der Waals surface area contributed by atoms with Crippen molar-refractivity contribution in [2.24, 2.45) is 0 Å². The molecule has 4 aromatic rings. The van der Waals surface area contributed by atoms with Crippen LogP contribution in [0.2, 0.25) is 0 Å². The first kappa shape index (κ1) is 14.0. The highest BCUT2D eigenvalue weighted by atomic mass is 16.3. The van der Waals surface area contributed by atoms with E-state index in [-0.39, 0.29) is 0 Å². The van der Waals surface area contributed by atoms with Crippen molar-refractivity contribution in [3.8, 4) is 11.3 Å². The zero-order chi connectivity index (χ0) is 16.0. The molecule has 2 aromatic heterocycles. The lowest BCUT2D eigenvalue weighted by molar-refractivity contribution is 0.669. The fourth-order valence-corrected chi connectivity index (χ4v) is 3.06. The largest absolute Gasteiger partial charge is 0.455 e. The molecular weight excluding hydrogens is 282 g/mol.